The molecule has 2 fully saturated rings. The average molecular weight is 366 g/mol. The van der Waals surface area contributed by atoms with Gasteiger partial charge >= 0.3 is 0 Å². The molecule has 4 atom stereocenters. The van der Waals surface area contributed by atoms with E-state index in [9.17, 15) is 4.79 Å². The normalized spacial score (nSPS) is 40.0. The molecule has 25 heavy (non-hydrogen) atoms. The molecule has 2 bridgehead atoms. The Morgan fingerprint density at radius 1 is 1.28 bits per heavy atom. The zero-order valence-electron chi connectivity index (χ0n) is 14.8. The number of hydrogen-bond donors (Lipinski definition) is 1. The van der Waals surface area contributed by atoms with Crippen LogP contribution in [0.1, 0.15) is 37.3 Å². The maximum atomic E-state index is 13.1. The number of rotatable bonds is 2. The molecular weight excluding hydrogens is 342 g/mol. The molecule has 0 unspecified atom stereocenters. The lowest BCUT2D eigenvalue weighted by Crippen LogP contribution is -2.80. The number of ether oxygens (including phenoxy) is 3. The van der Waals surface area contributed by atoms with Gasteiger partial charge in [-0.05, 0) is 44.4 Å². The fourth-order valence-electron chi connectivity index (χ4n) is 6.22. The molecular formula is C19H24ClNO4. The summed E-state index contributed by atoms with van der Waals surface area (Å²) in [5, 5.41) is 3.66. The number of nitrogens with one attached hydrogen (secondary N) is 1. The molecule has 1 aromatic carbocycles. The van der Waals surface area contributed by atoms with Crippen LogP contribution in [0.15, 0.2) is 12.1 Å². The van der Waals surface area contributed by atoms with Crippen LogP contribution in [-0.4, -0.2) is 43.8 Å². The number of Topliss-reactive ketones (excluding diaryl/α,β-unsaturated/α-hetero) is 1. The maximum Gasteiger partial charge on any atom is 0.177 e. The number of benzene rings is 1. The lowest BCUT2D eigenvalue weighted by atomic mass is 9.45. The molecule has 6 heteroatoms. The minimum Gasteiger partial charge on any atom is -0.493 e. The van der Waals surface area contributed by atoms with E-state index < -0.39 is 16.6 Å². The number of carbonyl (C=O) groups is 1. The molecule has 0 aromatic heterocycles. The van der Waals surface area contributed by atoms with Crippen molar-refractivity contribution in [1.29, 1.82) is 0 Å². The molecule has 1 aromatic rings. The first kappa shape index (κ1) is 17.1. The zero-order valence-corrected chi connectivity index (χ0v) is 15.6. The van der Waals surface area contributed by atoms with E-state index in [0.29, 0.717) is 12.2 Å². The summed E-state index contributed by atoms with van der Waals surface area (Å²) in [5.41, 5.74) is 0.704. The average Bonchev–Trinajstić information content (AvgIpc) is 2.85. The highest BCUT2D eigenvalue weighted by Crippen LogP contribution is 2.68. The highest BCUT2D eigenvalue weighted by Gasteiger charge is 2.77. The van der Waals surface area contributed by atoms with Gasteiger partial charge in [0.2, 0.25) is 0 Å². The van der Waals surface area contributed by atoms with Gasteiger partial charge in [-0.25, -0.2) is 0 Å². The first-order chi connectivity index (χ1) is 11.5. The third kappa shape index (κ3) is 1.57. The number of hydrogen-bond acceptors (Lipinski definition) is 5. The quantitative estimate of drug-likeness (QED) is 0.870. The molecule has 1 saturated heterocycles. The van der Waals surface area contributed by atoms with Crippen molar-refractivity contribution in [2.24, 2.45) is 0 Å². The van der Waals surface area contributed by atoms with E-state index in [1.807, 2.05) is 13.0 Å². The van der Waals surface area contributed by atoms with Crippen LogP contribution in [0.2, 0.25) is 0 Å². The second-order valence-corrected chi connectivity index (χ2v) is 7.65. The smallest absolute Gasteiger partial charge is 0.177 e. The topological polar surface area (TPSA) is 56.8 Å². The molecule has 5 rings (SSSR count). The highest BCUT2D eigenvalue weighted by molar-refractivity contribution is 5.94. The molecule has 4 aliphatic rings. The summed E-state index contributed by atoms with van der Waals surface area (Å²) >= 11 is 0. The van der Waals surface area contributed by atoms with Gasteiger partial charge in [0.1, 0.15) is 0 Å². The van der Waals surface area contributed by atoms with Crippen molar-refractivity contribution in [2.45, 2.75) is 55.3 Å². The SMILES string of the molecule is COc1ccc2c3c1O[C@@]1(C)C(=O)CC[C@@]4(OC)[C@@H](C2)NCC[C@]314.Cl. The minimum atomic E-state index is -0.881. The van der Waals surface area contributed by atoms with Gasteiger partial charge in [-0.2, -0.15) is 0 Å². The van der Waals surface area contributed by atoms with Crippen LogP contribution < -0.4 is 14.8 Å². The Kier molecular flexibility index (Phi) is 3.51. The standard InChI is InChI=1S/C19H23NO4.ClH/c1-17-14(21)6-7-19(23-3)13-10-11-4-5-12(22-2)16(24-17)15(11)18(17,19)8-9-20-13;/h4-5,13,20H,6-10H2,1-3H3;1H/t13-,17+,18+,19-;/m1./s1. The zero-order chi connectivity index (χ0) is 16.7. The van der Waals surface area contributed by atoms with Gasteiger partial charge in [0, 0.05) is 25.1 Å². The summed E-state index contributed by atoms with van der Waals surface area (Å²) in [6, 6.07) is 4.30. The Morgan fingerprint density at radius 3 is 2.80 bits per heavy atom. The fourth-order valence-corrected chi connectivity index (χ4v) is 6.22. The van der Waals surface area contributed by atoms with Crippen LogP contribution in [0.3, 0.4) is 0 Å². The first-order valence-corrected chi connectivity index (χ1v) is 8.75. The lowest BCUT2D eigenvalue weighted by molar-refractivity contribution is -0.199. The Labute approximate surface area is 153 Å². The largest absolute Gasteiger partial charge is 0.493 e. The highest BCUT2D eigenvalue weighted by atomic mass is 35.5. The molecule has 2 aliphatic carbocycles. The van der Waals surface area contributed by atoms with Crippen molar-refractivity contribution in [2.75, 3.05) is 20.8 Å². The van der Waals surface area contributed by atoms with Crippen LogP contribution in [0.25, 0.3) is 0 Å². The summed E-state index contributed by atoms with van der Waals surface area (Å²) in [4.78, 5) is 13.1. The summed E-state index contributed by atoms with van der Waals surface area (Å²) in [6.07, 6.45) is 2.98. The van der Waals surface area contributed by atoms with Gasteiger partial charge in [-0.3, -0.25) is 4.79 Å². The third-order valence-corrected chi connectivity index (χ3v) is 7.20. The third-order valence-electron chi connectivity index (χ3n) is 7.20. The molecule has 2 heterocycles. The van der Waals surface area contributed by atoms with Gasteiger partial charge in [-0.1, -0.05) is 6.07 Å². The van der Waals surface area contributed by atoms with Crippen molar-refractivity contribution >= 4 is 18.2 Å². The number of ketones is 1. The fraction of sp³-hybridized carbons (Fsp3) is 0.632. The summed E-state index contributed by atoms with van der Waals surface area (Å²) in [6.45, 7) is 2.84. The maximum absolute atomic E-state index is 13.1. The van der Waals surface area contributed by atoms with Crippen LogP contribution in [0, 0.1) is 0 Å². The number of halogens is 1. The molecule has 5 nitrogen and oxygen atoms in total. The van der Waals surface area contributed by atoms with Gasteiger partial charge in [-0.15, -0.1) is 12.4 Å². The van der Waals surface area contributed by atoms with Gasteiger partial charge < -0.3 is 19.5 Å². The van der Waals surface area contributed by atoms with Crippen LogP contribution in [0.4, 0.5) is 0 Å². The number of methoxy groups -OCH3 is 2. The summed E-state index contributed by atoms with van der Waals surface area (Å²) in [5.74, 6) is 1.66. The van der Waals surface area contributed by atoms with E-state index >= 15 is 0 Å². The van der Waals surface area contributed by atoms with E-state index in [2.05, 4.69) is 11.4 Å². The Bertz CT molecular complexity index is 768. The van der Waals surface area contributed by atoms with Gasteiger partial charge in [0.15, 0.2) is 22.9 Å². The molecule has 2 aliphatic heterocycles. The van der Waals surface area contributed by atoms with Crippen molar-refractivity contribution in [1.82, 2.24) is 5.32 Å². The van der Waals surface area contributed by atoms with Crippen molar-refractivity contribution < 1.29 is 19.0 Å². The van der Waals surface area contributed by atoms with Crippen molar-refractivity contribution in [3.05, 3.63) is 23.3 Å². The molecule has 1 spiro atoms. The monoisotopic (exact) mass is 365 g/mol. The van der Waals surface area contributed by atoms with Gasteiger partial charge in [0.25, 0.3) is 0 Å². The van der Waals surface area contributed by atoms with E-state index in [-0.39, 0.29) is 24.2 Å². The summed E-state index contributed by atoms with van der Waals surface area (Å²) < 4.78 is 18.3. The number of carbonyl (C=O) groups excluding carboxylic acids is 1. The Morgan fingerprint density at radius 2 is 2.08 bits per heavy atom. The first-order valence-electron chi connectivity index (χ1n) is 8.75. The van der Waals surface area contributed by atoms with Crippen LogP contribution in [0.5, 0.6) is 11.5 Å². The molecule has 0 amide bonds. The predicted octanol–water partition coefficient (Wildman–Crippen LogP) is 2.17. The van der Waals surface area contributed by atoms with Crippen molar-refractivity contribution in [3.63, 3.8) is 0 Å². The van der Waals surface area contributed by atoms with Crippen molar-refractivity contribution in [3.8, 4) is 11.5 Å². The van der Waals surface area contributed by atoms with E-state index in [1.165, 1.54) is 5.56 Å². The number of piperidine rings is 1. The van der Waals surface area contributed by atoms with Gasteiger partial charge in [0.05, 0.1) is 18.1 Å². The Hall–Kier alpha value is -1.30. The second-order valence-electron chi connectivity index (χ2n) is 7.65. The lowest BCUT2D eigenvalue weighted by Gasteiger charge is -2.64. The van der Waals surface area contributed by atoms with E-state index in [0.717, 1.165) is 37.1 Å². The van der Waals surface area contributed by atoms with Crippen LogP contribution >= 0.6 is 12.4 Å². The molecule has 136 valence electrons. The second kappa shape index (κ2) is 5.12. The van der Waals surface area contributed by atoms with E-state index in [1.54, 1.807) is 14.2 Å². The van der Waals surface area contributed by atoms with Crippen LogP contribution in [-0.2, 0) is 21.4 Å². The molecule has 1 N–H and O–H groups in total. The molecule has 0 radical (unpaired) electrons. The Balaban J connectivity index is 0.00000157. The molecule has 1 saturated carbocycles. The predicted molar refractivity (Wildman–Crippen MR) is 95.0 cm³/mol. The van der Waals surface area contributed by atoms with E-state index in [4.69, 9.17) is 14.2 Å². The summed E-state index contributed by atoms with van der Waals surface area (Å²) in [7, 11) is 3.45. The minimum absolute atomic E-state index is 0.